The molecule has 0 saturated carbocycles. The lowest BCUT2D eigenvalue weighted by molar-refractivity contribution is 0.426. The third-order valence-corrected chi connectivity index (χ3v) is 2.54. The number of hydrogen-bond donors (Lipinski definition) is 2. The maximum Gasteiger partial charge on any atom is 0.194 e. The monoisotopic (exact) mass is 271 g/mol. The molecule has 2 N–H and O–H groups in total. The fourth-order valence-corrected chi connectivity index (χ4v) is 1.56. The summed E-state index contributed by atoms with van der Waals surface area (Å²) >= 11 is 0. The number of para-hydroxylation sites is 1. The van der Waals surface area contributed by atoms with Gasteiger partial charge in [0.1, 0.15) is 0 Å². The number of phenols is 1. The molecular weight excluding hydrogens is 262 g/mol. The van der Waals surface area contributed by atoms with Gasteiger partial charge in [0, 0.05) is 29.9 Å². The Bertz CT molecular complexity index is 593. The number of benzene rings is 2. The number of halogens is 4. The zero-order valence-electron chi connectivity index (χ0n) is 9.55. The van der Waals surface area contributed by atoms with Crippen molar-refractivity contribution in [1.29, 1.82) is 0 Å². The molecule has 0 aliphatic rings. The van der Waals surface area contributed by atoms with Crippen molar-refractivity contribution in [3.8, 4) is 5.75 Å². The fraction of sp³-hybridized carbons (Fsp3) is 0.0769. The van der Waals surface area contributed by atoms with E-state index in [1.807, 2.05) is 0 Å². The first-order valence-corrected chi connectivity index (χ1v) is 5.34. The first-order valence-electron chi connectivity index (χ1n) is 5.34. The molecule has 0 aromatic heterocycles. The van der Waals surface area contributed by atoms with E-state index in [4.69, 9.17) is 0 Å². The summed E-state index contributed by atoms with van der Waals surface area (Å²) in [5, 5.41) is 12.0. The van der Waals surface area contributed by atoms with Crippen molar-refractivity contribution in [2.45, 2.75) is 6.54 Å². The van der Waals surface area contributed by atoms with E-state index in [2.05, 4.69) is 5.32 Å². The molecule has 0 saturated heterocycles. The molecule has 2 aromatic rings. The van der Waals surface area contributed by atoms with Crippen LogP contribution in [0.15, 0.2) is 30.3 Å². The average molecular weight is 271 g/mol. The quantitative estimate of drug-likeness (QED) is 0.661. The number of rotatable bonds is 3. The molecule has 0 heterocycles. The van der Waals surface area contributed by atoms with Crippen LogP contribution >= 0.6 is 0 Å². The summed E-state index contributed by atoms with van der Waals surface area (Å²) in [5.41, 5.74) is 0.199. The molecule has 6 heteroatoms. The van der Waals surface area contributed by atoms with Crippen molar-refractivity contribution in [2.75, 3.05) is 5.32 Å². The van der Waals surface area contributed by atoms with Gasteiger partial charge < -0.3 is 10.4 Å². The summed E-state index contributed by atoms with van der Waals surface area (Å²) in [7, 11) is 0. The normalized spacial score (nSPS) is 10.5. The standard InChI is InChI=1S/C13H9F4NO/c14-9-3-1-2-7(13(9)19)6-18-8-4-10(15)12(17)11(16)5-8/h1-5,18-19H,6H2. The van der Waals surface area contributed by atoms with Crippen LogP contribution in [0, 0.1) is 23.3 Å². The van der Waals surface area contributed by atoms with E-state index in [0.29, 0.717) is 0 Å². The van der Waals surface area contributed by atoms with Crippen LogP contribution in [0.25, 0.3) is 0 Å². The summed E-state index contributed by atoms with van der Waals surface area (Å²) in [6.45, 7) is -0.0614. The van der Waals surface area contributed by atoms with Crippen LogP contribution < -0.4 is 5.32 Å². The third kappa shape index (κ3) is 2.78. The van der Waals surface area contributed by atoms with Gasteiger partial charge in [-0.1, -0.05) is 12.1 Å². The van der Waals surface area contributed by atoms with Crippen molar-refractivity contribution in [2.24, 2.45) is 0 Å². The Kier molecular flexibility index (Phi) is 3.59. The van der Waals surface area contributed by atoms with Gasteiger partial charge in [0.25, 0.3) is 0 Å². The van der Waals surface area contributed by atoms with Crippen LogP contribution in [0.2, 0.25) is 0 Å². The van der Waals surface area contributed by atoms with Gasteiger partial charge in [0.2, 0.25) is 0 Å². The summed E-state index contributed by atoms with van der Waals surface area (Å²) in [6, 6.07) is 5.46. The first kappa shape index (κ1) is 13.2. The van der Waals surface area contributed by atoms with Gasteiger partial charge >= 0.3 is 0 Å². The molecule has 0 atom stereocenters. The summed E-state index contributed by atoms with van der Waals surface area (Å²) in [5.74, 6) is -5.55. The highest BCUT2D eigenvalue weighted by Gasteiger charge is 2.11. The molecular formula is C13H9F4NO. The van der Waals surface area contributed by atoms with Crippen molar-refractivity contribution in [3.63, 3.8) is 0 Å². The summed E-state index contributed by atoms with van der Waals surface area (Å²) in [4.78, 5) is 0. The molecule has 0 fully saturated rings. The second kappa shape index (κ2) is 5.17. The smallest absolute Gasteiger partial charge is 0.194 e. The van der Waals surface area contributed by atoms with Crippen molar-refractivity contribution in [1.82, 2.24) is 0 Å². The molecule has 0 bridgehead atoms. The molecule has 0 unspecified atom stereocenters. The largest absolute Gasteiger partial charge is 0.505 e. The topological polar surface area (TPSA) is 32.3 Å². The Balaban J connectivity index is 2.17. The zero-order valence-corrected chi connectivity index (χ0v) is 9.55. The number of hydrogen-bond acceptors (Lipinski definition) is 2. The minimum absolute atomic E-state index is 0.0138. The Labute approximate surface area is 106 Å². The molecule has 2 rings (SSSR count). The van der Waals surface area contributed by atoms with Crippen LogP contribution in [0.3, 0.4) is 0 Å². The molecule has 19 heavy (non-hydrogen) atoms. The third-order valence-electron chi connectivity index (χ3n) is 2.54. The van der Waals surface area contributed by atoms with Crippen LogP contribution in [-0.2, 0) is 6.54 Å². The number of anilines is 1. The van der Waals surface area contributed by atoms with Gasteiger partial charge in [-0.05, 0) is 6.07 Å². The van der Waals surface area contributed by atoms with E-state index in [9.17, 15) is 22.7 Å². The van der Waals surface area contributed by atoms with Gasteiger partial charge in [-0.25, -0.2) is 17.6 Å². The summed E-state index contributed by atoms with van der Waals surface area (Å²) < 4.78 is 51.7. The van der Waals surface area contributed by atoms with Crippen LogP contribution in [0.4, 0.5) is 23.2 Å². The van der Waals surface area contributed by atoms with Gasteiger partial charge in [0.15, 0.2) is 29.0 Å². The Morgan fingerprint density at radius 2 is 1.58 bits per heavy atom. The van der Waals surface area contributed by atoms with Crippen molar-refractivity contribution >= 4 is 5.69 Å². The van der Waals surface area contributed by atoms with Gasteiger partial charge in [-0.15, -0.1) is 0 Å². The number of nitrogens with one attached hydrogen (secondary N) is 1. The van der Waals surface area contributed by atoms with E-state index in [-0.39, 0.29) is 17.8 Å². The van der Waals surface area contributed by atoms with Crippen LogP contribution in [-0.4, -0.2) is 5.11 Å². The lowest BCUT2D eigenvalue weighted by atomic mass is 10.2. The van der Waals surface area contributed by atoms with Crippen molar-refractivity contribution in [3.05, 3.63) is 59.2 Å². The number of aromatic hydroxyl groups is 1. The zero-order chi connectivity index (χ0) is 14.0. The molecule has 2 aromatic carbocycles. The van der Waals surface area contributed by atoms with Crippen LogP contribution in [0.5, 0.6) is 5.75 Å². The minimum atomic E-state index is -1.56. The highest BCUT2D eigenvalue weighted by atomic mass is 19.2. The maximum atomic E-state index is 13.0. The Hall–Kier alpha value is -2.24. The molecule has 0 aliphatic heterocycles. The van der Waals surface area contributed by atoms with E-state index in [0.717, 1.165) is 18.2 Å². The SMILES string of the molecule is Oc1c(F)cccc1CNc1cc(F)c(F)c(F)c1. The Morgan fingerprint density at radius 1 is 0.947 bits per heavy atom. The molecule has 0 radical (unpaired) electrons. The Morgan fingerprint density at radius 3 is 2.21 bits per heavy atom. The molecule has 0 amide bonds. The van der Waals surface area contributed by atoms with Crippen LogP contribution in [0.1, 0.15) is 5.56 Å². The average Bonchev–Trinajstić information content (AvgIpc) is 2.37. The second-order valence-electron chi connectivity index (χ2n) is 3.85. The molecule has 2 nitrogen and oxygen atoms in total. The number of phenolic OH excluding ortho intramolecular Hbond substituents is 1. The minimum Gasteiger partial charge on any atom is -0.505 e. The predicted octanol–water partition coefficient (Wildman–Crippen LogP) is 3.56. The highest BCUT2D eigenvalue weighted by Crippen LogP contribution is 2.23. The van der Waals surface area contributed by atoms with E-state index in [1.165, 1.54) is 12.1 Å². The van der Waals surface area contributed by atoms with Crippen molar-refractivity contribution < 1.29 is 22.7 Å². The van der Waals surface area contributed by atoms with E-state index < -0.39 is 29.0 Å². The molecule has 0 spiro atoms. The second-order valence-corrected chi connectivity index (χ2v) is 3.85. The van der Waals surface area contributed by atoms with E-state index in [1.54, 1.807) is 0 Å². The van der Waals surface area contributed by atoms with E-state index >= 15 is 0 Å². The fourth-order valence-electron chi connectivity index (χ4n) is 1.56. The lowest BCUT2D eigenvalue weighted by Crippen LogP contribution is -2.02. The molecule has 100 valence electrons. The van der Waals surface area contributed by atoms with Gasteiger partial charge in [0.05, 0.1) is 0 Å². The predicted molar refractivity (Wildman–Crippen MR) is 61.7 cm³/mol. The highest BCUT2D eigenvalue weighted by molar-refractivity contribution is 5.46. The molecule has 0 aliphatic carbocycles. The van der Waals surface area contributed by atoms with Gasteiger partial charge in [-0.2, -0.15) is 0 Å². The van der Waals surface area contributed by atoms with Gasteiger partial charge in [-0.3, -0.25) is 0 Å². The first-order chi connectivity index (χ1) is 8.99. The lowest BCUT2D eigenvalue weighted by Gasteiger charge is -2.09. The maximum absolute atomic E-state index is 13.0. The summed E-state index contributed by atoms with van der Waals surface area (Å²) in [6.07, 6.45) is 0.